The predicted molar refractivity (Wildman–Crippen MR) is 67.3 cm³/mol. The number of phenolic OH excluding ortho intramolecular Hbond substituents is 2. The fourth-order valence-corrected chi connectivity index (χ4v) is 1.65. The van der Waals surface area contributed by atoms with Gasteiger partial charge in [0.15, 0.2) is 0 Å². The normalized spacial score (nSPS) is 10.2. The highest BCUT2D eigenvalue weighted by atomic mass is 19.1. The highest BCUT2D eigenvalue weighted by molar-refractivity contribution is 5.94. The van der Waals surface area contributed by atoms with Crippen LogP contribution in [0.3, 0.4) is 0 Å². The van der Waals surface area contributed by atoms with Gasteiger partial charge in [-0.3, -0.25) is 4.79 Å². The Hall–Kier alpha value is -2.56. The summed E-state index contributed by atoms with van der Waals surface area (Å²) in [5.74, 6) is -1.33. The number of hydrogen-bond acceptors (Lipinski definition) is 3. The van der Waals surface area contributed by atoms with Crippen LogP contribution in [0.25, 0.3) is 0 Å². The Kier molecular flexibility index (Phi) is 3.66. The molecule has 2 aromatic rings. The third-order valence-electron chi connectivity index (χ3n) is 2.56. The fraction of sp³-hybridized carbons (Fsp3) is 0.0714. The molecule has 0 aliphatic heterocycles. The van der Waals surface area contributed by atoms with Crippen LogP contribution in [0.5, 0.6) is 11.5 Å². The summed E-state index contributed by atoms with van der Waals surface area (Å²) in [6.07, 6.45) is 0. The first-order valence-corrected chi connectivity index (χ1v) is 5.61. The van der Waals surface area contributed by atoms with Gasteiger partial charge >= 0.3 is 0 Å². The number of carbonyl (C=O) groups is 1. The largest absolute Gasteiger partial charge is 0.508 e. The molecular formula is C14H12FNO3. The third-order valence-corrected chi connectivity index (χ3v) is 2.56. The fourth-order valence-electron chi connectivity index (χ4n) is 1.65. The first-order valence-electron chi connectivity index (χ1n) is 5.61. The van der Waals surface area contributed by atoms with E-state index in [9.17, 15) is 19.4 Å². The van der Waals surface area contributed by atoms with Crippen molar-refractivity contribution in [3.05, 3.63) is 59.4 Å². The minimum absolute atomic E-state index is 0.0297. The number of nitrogens with one attached hydrogen (secondary N) is 1. The minimum Gasteiger partial charge on any atom is -0.508 e. The summed E-state index contributed by atoms with van der Waals surface area (Å²) in [7, 11) is 0. The van der Waals surface area contributed by atoms with Crippen molar-refractivity contribution in [3.63, 3.8) is 0 Å². The van der Waals surface area contributed by atoms with E-state index in [0.717, 1.165) is 6.07 Å². The molecular weight excluding hydrogens is 249 g/mol. The SMILES string of the molecule is O=C(NCc1ccccc1F)c1cc(O)cc(O)c1. The van der Waals surface area contributed by atoms with E-state index in [1.165, 1.54) is 18.2 Å². The lowest BCUT2D eigenvalue weighted by molar-refractivity contribution is 0.0950. The van der Waals surface area contributed by atoms with Gasteiger partial charge in [-0.1, -0.05) is 18.2 Å². The van der Waals surface area contributed by atoms with Crippen LogP contribution in [0, 0.1) is 5.82 Å². The lowest BCUT2D eigenvalue weighted by Crippen LogP contribution is -2.23. The summed E-state index contributed by atoms with van der Waals surface area (Å²) >= 11 is 0. The number of amides is 1. The van der Waals surface area contributed by atoms with Gasteiger partial charge in [-0.2, -0.15) is 0 Å². The van der Waals surface area contributed by atoms with Gasteiger partial charge in [0.25, 0.3) is 5.91 Å². The van der Waals surface area contributed by atoms with E-state index >= 15 is 0 Å². The molecule has 0 heterocycles. The average Bonchev–Trinajstić information content (AvgIpc) is 2.36. The second kappa shape index (κ2) is 5.39. The van der Waals surface area contributed by atoms with Crippen LogP contribution in [0.15, 0.2) is 42.5 Å². The summed E-state index contributed by atoms with van der Waals surface area (Å²) in [6.45, 7) is 0.0297. The van der Waals surface area contributed by atoms with Crippen LogP contribution in [-0.4, -0.2) is 16.1 Å². The Balaban J connectivity index is 2.08. The molecule has 0 aliphatic rings. The van der Waals surface area contributed by atoms with Crippen LogP contribution in [0.2, 0.25) is 0 Å². The summed E-state index contributed by atoms with van der Waals surface area (Å²) in [4.78, 5) is 11.8. The van der Waals surface area contributed by atoms with E-state index in [0.29, 0.717) is 5.56 Å². The van der Waals surface area contributed by atoms with Crippen LogP contribution in [0.4, 0.5) is 4.39 Å². The number of rotatable bonds is 3. The highest BCUT2D eigenvalue weighted by Crippen LogP contribution is 2.20. The lowest BCUT2D eigenvalue weighted by Gasteiger charge is -2.07. The van der Waals surface area contributed by atoms with E-state index in [4.69, 9.17) is 0 Å². The smallest absolute Gasteiger partial charge is 0.251 e. The molecule has 0 radical (unpaired) electrons. The van der Waals surface area contributed by atoms with Gasteiger partial charge in [0.2, 0.25) is 0 Å². The van der Waals surface area contributed by atoms with E-state index in [-0.39, 0.29) is 23.6 Å². The van der Waals surface area contributed by atoms with Crippen LogP contribution >= 0.6 is 0 Å². The number of carbonyl (C=O) groups excluding carboxylic acids is 1. The van der Waals surface area contributed by atoms with Crippen molar-refractivity contribution in [1.82, 2.24) is 5.32 Å². The van der Waals surface area contributed by atoms with E-state index in [1.54, 1.807) is 18.2 Å². The maximum absolute atomic E-state index is 13.3. The Bertz CT molecular complexity index is 593. The molecule has 0 fully saturated rings. The van der Waals surface area contributed by atoms with Gasteiger partial charge in [-0.15, -0.1) is 0 Å². The Morgan fingerprint density at radius 2 is 1.74 bits per heavy atom. The predicted octanol–water partition coefficient (Wildman–Crippen LogP) is 2.17. The molecule has 0 aliphatic carbocycles. The summed E-state index contributed by atoms with van der Waals surface area (Å²) in [5, 5.41) is 21.1. The summed E-state index contributed by atoms with van der Waals surface area (Å²) < 4.78 is 13.3. The van der Waals surface area contributed by atoms with E-state index in [1.807, 2.05) is 0 Å². The number of benzene rings is 2. The van der Waals surface area contributed by atoms with Gasteiger partial charge in [-0.05, 0) is 18.2 Å². The monoisotopic (exact) mass is 261 g/mol. The lowest BCUT2D eigenvalue weighted by atomic mass is 10.1. The van der Waals surface area contributed by atoms with Crippen molar-refractivity contribution in [1.29, 1.82) is 0 Å². The first-order chi connectivity index (χ1) is 9.06. The molecule has 0 bridgehead atoms. The minimum atomic E-state index is -0.505. The number of aromatic hydroxyl groups is 2. The molecule has 2 rings (SSSR count). The van der Waals surface area contributed by atoms with Crippen LogP contribution in [-0.2, 0) is 6.54 Å². The van der Waals surface area contributed by atoms with Gasteiger partial charge < -0.3 is 15.5 Å². The van der Waals surface area contributed by atoms with Gasteiger partial charge in [0.05, 0.1) is 0 Å². The first kappa shape index (κ1) is 12.9. The van der Waals surface area contributed by atoms with Crippen molar-refractivity contribution in [2.45, 2.75) is 6.54 Å². The zero-order valence-electron chi connectivity index (χ0n) is 9.93. The number of halogens is 1. The zero-order valence-corrected chi connectivity index (χ0v) is 9.93. The molecule has 0 saturated heterocycles. The Morgan fingerprint density at radius 1 is 1.11 bits per heavy atom. The molecule has 5 heteroatoms. The quantitative estimate of drug-likeness (QED) is 0.793. The molecule has 0 spiro atoms. The average molecular weight is 261 g/mol. The van der Waals surface area contributed by atoms with E-state index < -0.39 is 11.7 Å². The zero-order chi connectivity index (χ0) is 13.8. The third kappa shape index (κ3) is 3.22. The van der Waals surface area contributed by atoms with Crippen molar-refractivity contribution in [2.24, 2.45) is 0 Å². The van der Waals surface area contributed by atoms with Crippen molar-refractivity contribution < 1.29 is 19.4 Å². The summed E-state index contributed by atoms with van der Waals surface area (Å²) in [6, 6.07) is 9.66. The molecule has 0 aromatic heterocycles. The molecule has 3 N–H and O–H groups in total. The molecule has 98 valence electrons. The van der Waals surface area contributed by atoms with Gasteiger partial charge in [0, 0.05) is 23.7 Å². The Morgan fingerprint density at radius 3 is 2.37 bits per heavy atom. The van der Waals surface area contributed by atoms with Crippen LogP contribution in [0.1, 0.15) is 15.9 Å². The van der Waals surface area contributed by atoms with Crippen molar-refractivity contribution in [3.8, 4) is 11.5 Å². The second-order valence-corrected chi connectivity index (χ2v) is 4.01. The van der Waals surface area contributed by atoms with Crippen molar-refractivity contribution >= 4 is 5.91 Å². The Labute approximate surface area is 109 Å². The highest BCUT2D eigenvalue weighted by Gasteiger charge is 2.09. The van der Waals surface area contributed by atoms with Gasteiger partial charge in [0.1, 0.15) is 17.3 Å². The van der Waals surface area contributed by atoms with Gasteiger partial charge in [-0.25, -0.2) is 4.39 Å². The van der Waals surface area contributed by atoms with E-state index in [2.05, 4.69) is 5.32 Å². The maximum atomic E-state index is 13.3. The molecule has 19 heavy (non-hydrogen) atoms. The number of hydrogen-bond donors (Lipinski definition) is 3. The molecule has 0 unspecified atom stereocenters. The van der Waals surface area contributed by atoms with Crippen LogP contribution < -0.4 is 5.32 Å². The molecule has 0 saturated carbocycles. The number of phenols is 2. The maximum Gasteiger partial charge on any atom is 0.251 e. The second-order valence-electron chi connectivity index (χ2n) is 4.01. The molecule has 2 aromatic carbocycles. The molecule has 1 amide bonds. The van der Waals surface area contributed by atoms with Crippen molar-refractivity contribution in [2.75, 3.05) is 0 Å². The standard InChI is InChI=1S/C14H12FNO3/c15-13-4-2-1-3-9(13)8-16-14(19)10-5-11(17)7-12(18)6-10/h1-7,17-18H,8H2,(H,16,19). The summed E-state index contributed by atoms with van der Waals surface area (Å²) in [5.41, 5.74) is 0.467. The topological polar surface area (TPSA) is 69.6 Å². The molecule has 0 atom stereocenters. The molecule has 4 nitrogen and oxygen atoms in total.